The van der Waals surface area contributed by atoms with Crippen molar-refractivity contribution in [2.75, 3.05) is 0 Å². The van der Waals surface area contributed by atoms with Crippen molar-refractivity contribution in [1.82, 2.24) is 5.32 Å². The van der Waals surface area contributed by atoms with Gasteiger partial charge in [-0.2, -0.15) is 5.26 Å². The van der Waals surface area contributed by atoms with Crippen molar-refractivity contribution >= 4 is 0 Å². The average Bonchev–Trinajstić information content (AvgIpc) is 2.77. The fourth-order valence-corrected chi connectivity index (χ4v) is 1.51. The molecule has 0 saturated carbocycles. The van der Waals surface area contributed by atoms with Crippen LogP contribution in [-0.4, -0.2) is 0 Å². The van der Waals surface area contributed by atoms with Crippen LogP contribution in [0, 0.1) is 17.1 Å². The molecule has 1 aromatic heterocycles. The summed E-state index contributed by atoms with van der Waals surface area (Å²) in [5, 5.41) is 11.7. The van der Waals surface area contributed by atoms with Gasteiger partial charge < -0.3 is 9.73 Å². The molecule has 2 rings (SSSR count). The summed E-state index contributed by atoms with van der Waals surface area (Å²) in [5.74, 6) is 0.750. The number of nitrogens with one attached hydrogen (secondary N) is 1. The largest absolute Gasteiger partial charge is 0.449 e. The van der Waals surface area contributed by atoms with Crippen molar-refractivity contribution in [1.29, 1.82) is 5.26 Å². The molecule has 0 spiro atoms. The summed E-state index contributed by atoms with van der Waals surface area (Å²) in [5.41, 5.74) is 0.872. The lowest BCUT2D eigenvalue weighted by atomic mass is 10.2. The minimum absolute atomic E-state index is 0.242. The van der Waals surface area contributed by atoms with Gasteiger partial charge in [0.15, 0.2) is 0 Å². The molecule has 1 heterocycles. The zero-order valence-corrected chi connectivity index (χ0v) is 9.11. The highest BCUT2D eigenvalue weighted by Gasteiger charge is 2.00. The first-order valence-electron chi connectivity index (χ1n) is 5.22. The molecule has 0 bridgehead atoms. The lowest BCUT2D eigenvalue weighted by molar-refractivity contribution is 0.473. The van der Waals surface area contributed by atoms with E-state index in [1.165, 1.54) is 12.1 Å². The minimum Gasteiger partial charge on any atom is -0.449 e. The van der Waals surface area contributed by atoms with Crippen LogP contribution in [0.5, 0.6) is 0 Å². The average molecular weight is 230 g/mol. The molecule has 0 aliphatic carbocycles. The standard InChI is InChI=1S/C13H11FN2O/c14-11-3-1-2-10(6-11)8-16-9-13-5-4-12(7-15)17-13/h1-6,16H,8-9H2. The Balaban J connectivity index is 1.85. The third-order valence-corrected chi connectivity index (χ3v) is 2.29. The lowest BCUT2D eigenvalue weighted by Crippen LogP contribution is -2.12. The SMILES string of the molecule is N#Cc1ccc(CNCc2cccc(F)c2)o1. The second-order valence-electron chi connectivity index (χ2n) is 3.61. The molecule has 1 aromatic carbocycles. The minimum atomic E-state index is -0.242. The normalized spacial score (nSPS) is 10.1. The van der Waals surface area contributed by atoms with E-state index in [1.807, 2.05) is 12.1 Å². The van der Waals surface area contributed by atoms with E-state index in [9.17, 15) is 4.39 Å². The van der Waals surface area contributed by atoms with Crippen LogP contribution in [0.1, 0.15) is 17.1 Å². The number of benzene rings is 1. The second-order valence-corrected chi connectivity index (χ2v) is 3.61. The molecule has 0 radical (unpaired) electrons. The van der Waals surface area contributed by atoms with Crippen LogP contribution in [0.15, 0.2) is 40.8 Å². The highest BCUT2D eigenvalue weighted by molar-refractivity contribution is 5.19. The van der Waals surface area contributed by atoms with E-state index in [-0.39, 0.29) is 5.82 Å². The molecule has 86 valence electrons. The number of hydrogen-bond donors (Lipinski definition) is 1. The number of nitrogens with zero attached hydrogens (tertiary/aromatic N) is 1. The molecule has 0 atom stereocenters. The summed E-state index contributed by atoms with van der Waals surface area (Å²) in [4.78, 5) is 0. The van der Waals surface area contributed by atoms with Gasteiger partial charge in [0, 0.05) is 6.54 Å². The van der Waals surface area contributed by atoms with Gasteiger partial charge in [-0.05, 0) is 29.8 Å². The Labute approximate surface area is 98.5 Å². The Morgan fingerprint density at radius 3 is 2.82 bits per heavy atom. The maximum Gasteiger partial charge on any atom is 0.203 e. The summed E-state index contributed by atoms with van der Waals surface area (Å²) >= 11 is 0. The summed E-state index contributed by atoms with van der Waals surface area (Å²) in [6.45, 7) is 1.07. The fourth-order valence-electron chi connectivity index (χ4n) is 1.51. The molecule has 0 fully saturated rings. The Morgan fingerprint density at radius 2 is 2.12 bits per heavy atom. The van der Waals surface area contributed by atoms with E-state index < -0.39 is 0 Å². The van der Waals surface area contributed by atoms with E-state index in [2.05, 4.69) is 5.32 Å². The summed E-state index contributed by atoms with van der Waals surface area (Å²) in [7, 11) is 0. The van der Waals surface area contributed by atoms with Crippen molar-refractivity contribution in [3.8, 4) is 6.07 Å². The van der Waals surface area contributed by atoms with E-state index in [1.54, 1.807) is 18.2 Å². The number of nitriles is 1. The van der Waals surface area contributed by atoms with E-state index in [0.29, 0.717) is 24.6 Å². The Bertz CT molecular complexity index is 542. The maximum atomic E-state index is 12.9. The third kappa shape index (κ3) is 3.16. The highest BCUT2D eigenvalue weighted by Crippen LogP contribution is 2.07. The van der Waals surface area contributed by atoms with Crippen molar-refractivity contribution in [3.63, 3.8) is 0 Å². The summed E-state index contributed by atoms with van der Waals surface area (Å²) in [6, 6.07) is 11.7. The maximum absolute atomic E-state index is 12.9. The Hall–Kier alpha value is -2.12. The van der Waals surface area contributed by atoms with E-state index in [0.717, 1.165) is 5.56 Å². The molecular weight excluding hydrogens is 219 g/mol. The van der Waals surface area contributed by atoms with Crippen LogP contribution in [-0.2, 0) is 13.1 Å². The molecule has 0 saturated heterocycles. The Morgan fingerprint density at radius 1 is 1.24 bits per heavy atom. The van der Waals surface area contributed by atoms with Crippen LogP contribution in [0.2, 0.25) is 0 Å². The number of rotatable bonds is 4. The molecule has 4 heteroatoms. The van der Waals surface area contributed by atoms with Gasteiger partial charge in [0.2, 0.25) is 5.76 Å². The molecule has 1 N–H and O–H groups in total. The topological polar surface area (TPSA) is 49.0 Å². The predicted molar refractivity (Wildman–Crippen MR) is 60.4 cm³/mol. The third-order valence-electron chi connectivity index (χ3n) is 2.29. The van der Waals surface area contributed by atoms with Gasteiger partial charge in [-0.25, -0.2) is 4.39 Å². The molecular formula is C13H11FN2O. The first-order valence-corrected chi connectivity index (χ1v) is 5.22. The predicted octanol–water partition coefficient (Wildman–Crippen LogP) is 2.58. The molecule has 0 amide bonds. The quantitative estimate of drug-likeness (QED) is 0.878. The van der Waals surface area contributed by atoms with E-state index >= 15 is 0 Å². The monoisotopic (exact) mass is 230 g/mol. The smallest absolute Gasteiger partial charge is 0.203 e. The second kappa shape index (κ2) is 5.28. The highest BCUT2D eigenvalue weighted by atomic mass is 19.1. The Kier molecular flexibility index (Phi) is 3.53. The zero-order chi connectivity index (χ0) is 12.1. The summed E-state index contributed by atoms with van der Waals surface area (Å²) in [6.07, 6.45) is 0. The number of halogens is 1. The van der Waals surface area contributed by atoms with Gasteiger partial charge in [0.1, 0.15) is 17.6 Å². The van der Waals surface area contributed by atoms with Gasteiger partial charge in [0.05, 0.1) is 6.54 Å². The van der Waals surface area contributed by atoms with Gasteiger partial charge in [-0.15, -0.1) is 0 Å². The van der Waals surface area contributed by atoms with Crippen LogP contribution in [0.3, 0.4) is 0 Å². The fraction of sp³-hybridized carbons (Fsp3) is 0.154. The van der Waals surface area contributed by atoms with Crippen LogP contribution in [0.4, 0.5) is 4.39 Å². The molecule has 17 heavy (non-hydrogen) atoms. The molecule has 2 aromatic rings. The molecule has 3 nitrogen and oxygen atoms in total. The van der Waals surface area contributed by atoms with Crippen LogP contribution < -0.4 is 5.32 Å². The van der Waals surface area contributed by atoms with Crippen molar-refractivity contribution in [3.05, 3.63) is 59.3 Å². The van der Waals surface area contributed by atoms with Crippen molar-refractivity contribution in [2.45, 2.75) is 13.1 Å². The van der Waals surface area contributed by atoms with Gasteiger partial charge in [-0.3, -0.25) is 0 Å². The van der Waals surface area contributed by atoms with Crippen LogP contribution >= 0.6 is 0 Å². The summed E-state index contributed by atoms with van der Waals surface area (Å²) < 4.78 is 18.1. The van der Waals surface area contributed by atoms with E-state index in [4.69, 9.17) is 9.68 Å². The van der Waals surface area contributed by atoms with Gasteiger partial charge >= 0.3 is 0 Å². The lowest BCUT2D eigenvalue weighted by Gasteiger charge is -2.02. The van der Waals surface area contributed by atoms with Gasteiger partial charge in [0.25, 0.3) is 0 Å². The van der Waals surface area contributed by atoms with Crippen molar-refractivity contribution in [2.24, 2.45) is 0 Å². The number of furan rings is 1. The van der Waals surface area contributed by atoms with Crippen LogP contribution in [0.25, 0.3) is 0 Å². The molecule has 0 unspecified atom stereocenters. The van der Waals surface area contributed by atoms with Gasteiger partial charge in [-0.1, -0.05) is 12.1 Å². The zero-order valence-electron chi connectivity index (χ0n) is 9.11. The first-order chi connectivity index (χ1) is 8.28. The molecule has 0 aliphatic heterocycles. The first kappa shape index (κ1) is 11.4. The number of hydrogen-bond acceptors (Lipinski definition) is 3. The van der Waals surface area contributed by atoms with Crippen molar-refractivity contribution < 1.29 is 8.81 Å². The molecule has 0 aliphatic rings.